The molecule has 0 radical (unpaired) electrons. The Morgan fingerprint density at radius 2 is 1.96 bits per heavy atom. The first-order valence-electron chi connectivity index (χ1n) is 7.65. The molecular formula is C16H14Br2N2O5S. The average molecular weight is 506 g/mol. The number of benzene rings is 1. The SMILES string of the molecule is O=C(CN1C(=O)S/C(=C\c2cc(Br)cc(Br)c2O)C1=O)N1CCOCC1. The second-order valence-corrected chi connectivity index (χ2v) is 8.35. The van der Waals surface area contributed by atoms with Crippen molar-refractivity contribution in [2.24, 2.45) is 0 Å². The number of carbonyl (C=O) groups is 3. The molecule has 1 aromatic carbocycles. The molecule has 1 N–H and O–H groups in total. The molecule has 0 aliphatic carbocycles. The number of morpholine rings is 1. The number of thioether (sulfide) groups is 1. The number of nitrogens with zero attached hydrogens (tertiary/aromatic N) is 2. The van der Waals surface area contributed by atoms with Crippen molar-refractivity contribution in [2.75, 3.05) is 32.8 Å². The Kier molecular flexibility index (Phi) is 6.06. The summed E-state index contributed by atoms with van der Waals surface area (Å²) >= 11 is 7.28. The Hall–Kier alpha value is -1.36. The minimum Gasteiger partial charge on any atom is -0.506 e. The topological polar surface area (TPSA) is 87.2 Å². The second-order valence-electron chi connectivity index (χ2n) is 5.59. The quantitative estimate of drug-likeness (QED) is 0.635. The van der Waals surface area contributed by atoms with Crippen LogP contribution in [0.15, 0.2) is 26.0 Å². The molecule has 0 unspecified atom stereocenters. The van der Waals surface area contributed by atoms with Gasteiger partial charge in [-0.3, -0.25) is 19.3 Å². The largest absolute Gasteiger partial charge is 0.506 e. The monoisotopic (exact) mass is 504 g/mol. The predicted octanol–water partition coefficient (Wildman–Crippen LogP) is 2.81. The molecule has 2 saturated heterocycles. The number of amides is 3. The van der Waals surface area contributed by atoms with E-state index in [2.05, 4.69) is 31.9 Å². The van der Waals surface area contributed by atoms with Gasteiger partial charge in [0.05, 0.1) is 22.6 Å². The smallest absolute Gasteiger partial charge is 0.294 e. The fourth-order valence-electron chi connectivity index (χ4n) is 2.52. The summed E-state index contributed by atoms with van der Waals surface area (Å²) in [4.78, 5) is 39.7. The summed E-state index contributed by atoms with van der Waals surface area (Å²) in [6.07, 6.45) is 1.44. The number of rotatable bonds is 3. The van der Waals surface area contributed by atoms with E-state index in [0.717, 1.165) is 16.7 Å². The minimum atomic E-state index is -0.544. The van der Waals surface area contributed by atoms with Crippen molar-refractivity contribution in [3.8, 4) is 5.75 Å². The van der Waals surface area contributed by atoms with Crippen molar-refractivity contribution >= 4 is 66.8 Å². The molecule has 26 heavy (non-hydrogen) atoms. The van der Waals surface area contributed by atoms with Crippen LogP contribution in [0, 0.1) is 0 Å². The summed E-state index contributed by atoms with van der Waals surface area (Å²) < 4.78 is 6.35. The van der Waals surface area contributed by atoms with E-state index >= 15 is 0 Å². The van der Waals surface area contributed by atoms with Crippen molar-refractivity contribution < 1.29 is 24.2 Å². The third kappa shape index (κ3) is 4.13. The van der Waals surface area contributed by atoms with Crippen LogP contribution in [0.2, 0.25) is 0 Å². The first kappa shape index (κ1) is 19.4. The lowest BCUT2D eigenvalue weighted by atomic mass is 10.2. The lowest BCUT2D eigenvalue weighted by Gasteiger charge is -2.28. The van der Waals surface area contributed by atoms with Crippen molar-refractivity contribution in [1.29, 1.82) is 0 Å². The molecule has 2 aliphatic rings. The van der Waals surface area contributed by atoms with E-state index in [0.29, 0.717) is 40.8 Å². The molecule has 138 valence electrons. The van der Waals surface area contributed by atoms with E-state index < -0.39 is 11.1 Å². The summed E-state index contributed by atoms with van der Waals surface area (Å²) in [6, 6.07) is 3.30. The van der Waals surface area contributed by atoms with Crippen LogP contribution in [-0.4, -0.2) is 64.8 Å². The number of hydrogen-bond donors (Lipinski definition) is 1. The maximum absolute atomic E-state index is 12.5. The van der Waals surface area contributed by atoms with Crippen LogP contribution in [0.1, 0.15) is 5.56 Å². The first-order valence-corrected chi connectivity index (χ1v) is 10.1. The predicted molar refractivity (Wildman–Crippen MR) is 104 cm³/mol. The van der Waals surface area contributed by atoms with Gasteiger partial charge in [0.25, 0.3) is 11.1 Å². The Morgan fingerprint density at radius 1 is 1.27 bits per heavy atom. The van der Waals surface area contributed by atoms with Crippen molar-refractivity contribution in [1.82, 2.24) is 9.80 Å². The van der Waals surface area contributed by atoms with E-state index in [1.165, 1.54) is 6.08 Å². The van der Waals surface area contributed by atoms with Gasteiger partial charge in [-0.25, -0.2) is 0 Å². The summed E-state index contributed by atoms with van der Waals surface area (Å²) in [5.41, 5.74) is 0.385. The van der Waals surface area contributed by atoms with Gasteiger partial charge in [0.1, 0.15) is 12.3 Å². The first-order chi connectivity index (χ1) is 12.4. The van der Waals surface area contributed by atoms with Crippen molar-refractivity contribution in [3.05, 3.63) is 31.5 Å². The second kappa shape index (κ2) is 8.12. The number of phenols is 1. The number of imide groups is 1. The zero-order chi connectivity index (χ0) is 18.8. The van der Waals surface area contributed by atoms with Crippen LogP contribution in [0.3, 0.4) is 0 Å². The highest BCUT2D eigenvalue weighted by Crippen LogP contribution is 2.37. The number of hydrogen-bond acceptors (Lipinski definition) is 6. The highest BCUT2D eigenvalue weighted by molar-refractivity contribution is 9.11. The fraction of sp³-hybridized carbons (Fsp3) is 0.312. The van der Waals surface area contributed by atoms with E-state index in [1.54, 1.807) is 17.0 Å². The van der Waals surface area contributed by atoms with Gasteiger partial charge in [0.2, 0.25) is 5.91 Å². The van der Waals surface area contributed by atoms with Gasteiger partial charge in [-0.15, -0.1) is 0 Å². The van der Waals surface area contributed by atoms with Gasteiger partial charge in [-0.05, 0) is 45.9 Å². The van der Waals surface area contributed by atoms with E-state index in [4.69, 9.17) is 4.74 Å². The van der Waals surface area contributed by atoms with Gasteiger partial charge in [-0.1, -0.05) is 15.9 Å². The Balaban J connectivity index is 1.77. The van der Waals surface area contributed by atoms with E-state index in [9.17, 15) is 19.5 Å². The fourth-order valence-corrected chi connectivity index (χ4v) is 4.61. The van der Waals surface area contributed by atoms with Crippen LogP contribution in [-0.2, 0) is 14.3 Å². The van der Waals surface area contributed by atoms with Gasteiger partial charge >= 0.3 is 0 Å². The molecule has 0 bridgehead atoms. The molecule has 7 nitrogen and oxygen atoms in total. The van der Waals surface area contributed by atoms with E-state index in [1.807, 2.05) is 0 Å². The maximum Gasteiger partial charge on any atom is 0.294 e. The summed E-state index contributed by atoms with van der Waals surface area (Å²) in [7, 11) is 0. The third-order valence-corrected chi connectivity index (χ3v) is 5.84. The Morgan fingerprint density at radius 3 is 2.65 bits per heavy atom. The molecule has 10 heteroatoms. The normalized spacial score (nSPS) is 19.5. The van der Waals surface area contributed by atoms with E-state index in [-0.39, 0.29) is 23.1 Å². The summed E-state index contributed by atoms with van der Waals surface area (Å²) in [5.74, 6) is -0.869. The highest BCUT2D eigenvalue weighted by Gasteiger charge is 2.37. The standard InChI is InChI=1S/C16H14Br2N2O5S/c17-10-5-9(14(22)11(18)7-10)6-12-15(23)20(16(24)26-12)8-13(21)19-1-3-25-4-2-19/h5-7,22H,1-4,8H2/b12-6-. The molecule has 0 spiro atoms. The molecule has 3 rings (SSSR count). The number of ether oxygens (including phenoxy) is 1. The van der Waals surface area contributed by atoms with Crippen LogP contribution >= 0.6 is 43.6 Å². The number of phenolic OH excluding ortho intramolecular Hbond substituents is 1. The van der Waals surface area contributed by atoms with Crippen LogP contribution in [0.5, 0.6) is 5.75 Å². The maximum atomic E-state index is 12.5. The molecule has 2 aliphatic heterocycles. The molecule has 2 fully saturated rings. The zero-order valence-corrected chi connectivity index (χ0v) is 17.4. The summed E-state index contributed by atoms with van der Waals surface area (Å²) in [5, 5.41) is 9.61. The average Bonchev–Trinajstić information content (AvgIpc) is 2.87. The van der Waals surface area contributed by atoms with Crippen LogP contribution < -0.4 is 0 Å². The highest BCUT2D eigenvalue weighted by atomic mass is 79.9. The summed E-state index contributed by atoms with van der Waals surface area (Å²) in [6.45, 7) is 1.50. The van der Waals surface area contributed by atoms with Gasteiger partial charge < -0.3 is 14.7 Å². The molecule has 2 heterocycles. The molecule has 0 saturated carbocycles. The molecule has 1 aromatic rings. The number of aromatic hydroxyl groups is 1. The Labute approximate surface area is 170 Å². The lowest BCUT2D eigenvalue weighted by Crippen LogP contribution is -2.46. The van der Waals surface area contributed by atoms with Gasteiger partial charge in [-0.2, -0.15) is 0 Å². The molecule has 0 aromatic heterocycles. The van der Waals surface area contributed by atoms with Gasteiger partial charge in [0.15, 0.2) is 0 Å². The molecular weight excluding hydrogens is 492 g/mol. The Bertz CT molecular complexity index is 808. The van der Waals surface area contributed by atoms with Gasteiger partial charge in [0, 0.05) is 23.1 Å². The molecule has 3 amide bonds. The minimum absolute atomic E-state index is 0.0376. The number of halogens is 2. The lowest BCUT2D eigenvalue weighted by molar-refractivity contribution is -0.139. The third-order valence-electron chi connectivity index (χ3n) is 3.88. The van der Waals surface area contributed by atoms with Crippen molar-refractivity contribution in [2.45, 2.75) is 0 Å². The zero-order valence-electron chi connectivity index (χ0n) is 13.4. The van der Waals surface area contributed by atoms with Crippen molar-refractivity contribution in [3.63, 3.8) is 0 Å². The van der Waals surface area contributed by atoms with Crippen LogP contribution in [0.25, 0.3) is 6.08 Å². The number of carbonyl (C=O) groups excluding carboxylic acids is 3. The molecule has 0 atom stereocenters. The van der Waals surface area contributed by atoms with Crippen LogP contribution in [0.4, 0.5) is 4.79 Å².